The molecule has 0 aromatic rings. The number of carbonyl (C=O) groups excluding carboxylic acids is 5. The number of rotatable bonds is 5. The van der Waals surface area contributed by atoms with E-state index in [4.69, 9.17) is 0 Å². The first kappa shape index (κ1) is 28.9. The normalized spacial score (nSPS) is 30.9. The maximum absolute atomic E-state index is 13.8. The van der Waals surface area contributed by atoms with Crippen molar-refractivity contribution in [1.82, 2.24) is 25.8 Å². The Labute approximate surface area is 220 Å². The van der Waals surface area contributed by atoms with E-state index in [9.17, 15) is 24.0 Å². The van der Waals surface area contributed by atoms with Crippen LogP contribution in [0.1, 0.15) is 80.1 Å². The standard InChI is InChI=1S/C27H45N5O5/c1-7-17(6)22-27(37)32-13-9-11-20(32)25(35)29-21(16(4)5)26(36)31-12-8-10-19(31)24(34)28-18(14-15(2)3)23(33)30-22/h15-22H,7-14H2,1-6H3,(H,28,34)(H,29,35)(H,30,33). The zero-order chi connectivity index (χ0) is 27.4. The number of nitrogens with zero attached hydrogens (tertiary/aromatic N) is 2. The van der Waals surface area contributed by atoms with Gasteiger partial charge in [-0.25, -0.2) is 0 Å². The van der Waals surface area contributed by atoms with Crippen LogP contribution in [0.3, 0.4) is 0 Å². The Morgan fingerprint density at radius 2 is 1.22 bits per heavy atom. The Morgan fingerprint density at radius 1 is 0.730 bits per heavy atom. The first-order chi connectivity index (χ1) is 17.5. The summed E-state index contributed by atoms with van der Waals surface area (Å²) < 4.78 is 0. The quantitative estimate of drug-likeness (QED) is 0.503. The average Bonchev–Trinajstić information content (AvgIpc) is 3.53. The van der Waals surface area contributed by atoms with Crippen LogP contribution in [0.4, 0.5) is 0 Å². The monoisotopic (exact) mass is 519 g/mol. The maximum Gasteiger partial charge on any atom is 0.246 e. The zero-order valence-electron chi connectivity index (χ0n) is 23.2. The van der Waals surface area contributed by atoms with Crippen LogP contribution in [-0.2, 0) is 24.0 Å². The van der Waals surface area contributed by atoms with E-state index in [0.717, 1.165) is 0 Å². The van der Waals surface area contributed by atoms with Crippen LogP contribution in [0.2, 0.25) is 0 Å². The molecule has 208 valence electrons. The lowest BCUT2D eigenvalue weighted by molar-refractivity contribution is -0.145. The highest BCUT2D eigenvalue weighted by atomic mass is 16.2. The van der Waals surface area contributed by atoms with Crippen LogP contribution in [0, 0.1) is 17.8 Å². The van der Waals surface area contributed by atoms with Crippen LogP contribution >= 0.6 is 0 Å². The number of hydrogen-bond acceptors (Lipinski definition) is 5. The van der Waals surface area contributed by atoms with Crippen LogP contribution < -0.4 is 16.0 Å². The summed E-state index contributed by atoms with van der Waals surface area (Å²) in [4.78, 5) is 70.8. The Bertz CT molecular complexity index is 890. The number of hydrogen-bond donors (Lipinski definition) is 3. The Morgan fingerprint density at radius 3 is 1.70 bits per heavy atom. The van der Waals surface area contributed by atoms with Gasteiger partial charge in [0.1, 0.15) is 30.2 Å². The highest BCUT2D eigenvalue weighted by molar-refractivity contribution is 5.98. The molecule has 3 aliphatic heterocycles. The van der Waals surface area contributed by atoms with Crippen LogP contribution in [0.25, 0.3) is 0 Å². The Kier molecular flexibility index (Phi) is 9.58. The lowest BCUT2D eigenvalue weighted by Gasteiger charge is -2.33. The predicted molar refractivity (Wildman–Crippen MR) is 139 cm³/mol. The molecule has 0 bridgehead atoms. The maximum atomic E-state index is 13.8. The minimum Gasteiger partial charge on any atom is -0.343 e. The van der Waals surface area contributed by atoms with Crippen molar-refractivity contribution in [1.29, 1.82) is 0 Å². The molecule has 0 aromatic carbocycles. The number of fused-ring (bicyclic) bond motifs is 2. The van der Waals surface area contributed by atoms with E-state index in [1.54, 1.807) is 9.80 Å². The molecular weight excluding hydrogens is 474 g/mol. The van der Waals surface area contributed by atoms with Crippen molar-refractivity contribution in [3.8, 4) is 0 Å². The Hall–Kier alpha value is -2.65. The van der Waals surface area contributed by atoms with E-state index in [1.165, 1.54) is 0 Å². The second-order valence-corrected chi connectivity index (χ2v) is 11.7. The topological polar surface area (TPSA) is 128 Å². The molecule has 0 radical (unpaired) electrons. The molecule has 3 N–H and O–H groups in total. The van der Waals surface area contributed by atoms with Crippen molar-refractivity contribution in [3.05, 3.63) is 0 Å². The zero-order valence-corrected chi connectivity index (χ0v) is 23.2. The van der Waals surface area contributed by atoms with E-state index in [-0.39, 0.29) is 41.4 Å². The second-order valence-electron chi connectivity index (χ2n) is 11.7. The van der Waals surface area contributed by atoms with Gasteiger partial charge < -0.3 is 25.8 Å². The van der Waals surface area contributed by atoms with Crippen molar-refractivity contribution in [3.63, 3.8) is 0 Å². The van der Waals surface area contributed by atoms with Gasteiger partial charge in [-0.3, -0.25) is 24.0 Å². The molecule has 3 rings (SSSR count). The minimum absolute atomic E-state index is 0.118. The summed E-state index contributed by atoms with van der Waals surface area (Å²) in [7, 11) is 0. The molecule has 5 amide bonds. The Balaban J connectivity index is 2.04. The van der Waals surface area contributed by atoms with Gasteiger partial charge in [0.05, 0.1) is 0 Å². The molecule has 0 saturated carbocycles. The first-order valence-electron chi connectivity index (χ1n) is 14.0. The molecule has 3 saturated heterocycles. The molecule has 3 heterocycles. The van der Waals surface area contributed by atoms with Gasteiger partial charge in [0.2, 0.25) is 29.5 Å². The number of nitrogens with one attached hydrogen (secondary N) is 3. The second kappa shape index (κ2) is 12.3. The SMILES string of the molecule is CCC(C)C1NC(=O)C(CC(C)C)NC(=O)C2CCCN2C(=O)C(C(C)C)NC(=O)C2CCCN2C1=O. The summed E-state index contributed by atoms with van der Waals surface area (Å²) in [5, 5.41) is 8.74. The summed E-state index contributed by atoms with van der Waals surface area (Å²) >= 11 is 0. The molecule has 6 atom stereocenters. The van der Waals surface area contributed by atoms with Crippen LogP contribution in [0.15, 0.2) is 0 Å². The fourth-order valence-electron chi connectivity index (χ4n) is 5.63. The van der Waals surface area contributed by atoms with Gasteiger partial charge in [-0.2, -0.15) is 0 Å². The van der Waals surface area contributed by atoms with E-state index >= 15 is 0 Å². The summed E-state index contributed by atoms with van der Waals surface area (Å²) in [5.74, 6) is -1.98. The third kappa shape index (κ3) is 6.44. The molecule has 3 aliphatic rings. The smallest absolute Gasteiger partial charge is 0.246 e. The fourth-order valence-corrected chi connectivity index (χ4v) is 5.63. The molecule has 10 nitrogen and oxygen atoms in total. The van der Waals surface area contributed by atoms with Gasteiger partial charge in [-0.1, -0.05) is 48.0 Å². The number of amides is 5. The van der Waals surface area contributed by atoms with Gasteiger partial charge in [-0.15, -0.1) is 0 Å². The van der Waals surface area contributed by atoms with Crippen molar-refractivity contribution >= 4 is 29.5 Å². The fraction of sp³-hybridized carbons (Fsp3) is 0.815. The van der Waals surface area contributed by atoms with Gasteiger partial charge >= 0.3 is 0 Å². The average molecular weight is 520 g/mol. The first-order valence-corrected chi connectivity index (χ1v) is 14.0. The molecular formula is C27H45N5O5. The van der Waals surface area contributed by atoms with Crippen LogP contribution in [-0.4, -0.2) is 82.6 Å². The molecule has 0 aromatic heterocycles. The lowest BCUT2D eigenvalue weighted by atomic mass is 9.95. The highest BCUT2D eigenvalue weighted by Gasteiger charge is 2.44. The van der Waals surface area contributed by atoms with Gasteiger partial charge in [0.25, 0.3) is 0 Å². The molecule has 0 aliphatic carbocycles. The van der Waals surface area contributed by atoms with Crippen LogP contribution in [0.5, 0.6) is 0 Å². The van der Waals surface area contributed by atoms with Crippen molar-refractivity contribution in [2.45, 2.75) is 110 Å². The van der Waals surface area contributed by atoms with E-state index in [1.807, 2.05) is 41.5 Å². The molecule has 10 heteroatoms. The third-order valence-corrected chi connectivity index (χ3v) is 8.02. The summed E-state index contributed by atoms with van der Waals surface area (Å²) in [6.45, 7) is 12.4. The third-order valence-electron chi connectivity index (χ3n) is 8.02. The lowest BCUT2D eigenvalue weighted by Crippen LogP contribution is -2.59. The van der Waals surface area contributed by atoms with Gasteiger partial charge in [0.15, 0.2) is 0 Å². The van der Waals surface area contributed by atoms with Gasteiger partial charge in [-0.05, 0) is 49.9 Å². The van der Waals surface area contributed by atoms with Crippen molar-refractivity contribution in [2.75, 3.05) is 13.1 Å². The van der Waals surface area contributed by atoms with E-state index < -0.39 is 36.1 Å². The van der Waals surface area contributed by atoms with E-state index in [0.29, 0.717) is 51.6 Å². The largest absolute Gasteiger partial charge is 0.343 e. The molecule has 3 fully saturated rings. The van der Waals surface area contributed by atoms with E-state index in [2.05, 4.69) is 16.0 Å². The molecule has 37 heavy (non-hydrogen) atoms. The molecule has 6 unspecified atom stereocenters. The summed E-state index contributed by atoms with van der Waals surface area (Å²) in [6, 6.07) is -3.85. The highest BCUT2D eigenvalue weighted by Crippen LogP contribution is 2.25. The van der Waals surface area contributed by atoms with Crippen molar-refractivity contribution in [2.24, 2.45) is 17.8 Å². The predicted octanol–water partition coefficient (Wildman–Crippen LogP) is 1.18. The van der Waals surface area contributed by atoms with Gasteiger partial charge in [0, 0.05) is 13.1 Å². The minimum atomic E-state index is -0.829. The molecule has 0 spiro atoms. The van der Waals surface area contributed by atoms with Crippen molar-refractivity contribution < 1.29 is 24.0 Å². The summed E-state index contributed by atoms with van der Waals surface area (Å²) in [5.41, 5.74) is 0. The summed E-state index contributed by atoms with van der Waals surface area (Å²) in [6.07, 6.45) is 3.40. The number of carbonyl (C=O) groups is 5.